The molecular weight excluding hydrogens is 894 g/mol. The number of quaternary nitrogens is 3. The molecule has 0 aliphatic carbocycles. The van der Waals surface area contributed by atoms with Crippen molar-refractivity contribution in [1.82, 2.24) is 0 Å². The van der Waals surface area contributed by atoms with Crippen LogP contribution in [-0.4, -0.2) is 89.0 Å². The first kappa shape index (κ1) is 77.5. The van der Waals surface area contributed by atoms with Gasteiger partial charge in [-0.05, 0) is 57.8 Å². The Bertz CT molecular complexity index is 953. The molecule has 0 radical (unpaired) electrons. The summed E-state index contributed by atoms with van der Waals surface area (Å²) in [6.07, 6.45) is 45.5. The first-order chi connectivity index (χ1) is 33.8. The minimum atomic E-state index is -5.39. The SMILES string of the molecule is CCCC[N+](CCC)(CCCC)C(CCC)(CCC)CCC.CCCC[N+](CCC)(CCCC)C(CCC)(CCC)CCC.CCCC[N+](CCC)(CCCC)C(CCC)(CCC)CCC.O=P([O-])([O-])[O-]. The summed E-state index contributed by atoms with van der Waals surface area (Å²) in [4.78, 5) is 25.6. The zero-order chi connectivity index (χ0) is 55.2. The molecule has 0 aromatic carbocycles. The zero-order valence-corrected chi connectivity index (χ0v) is 53.5. The van der Waals surface area contributed by atoms with Gasteiger partial charge in [0, 0.05) is 57.8 Å². The molecule has 0 atom stereocenters. The quantitative estimate of drug-likeness (QED) is 0.0449. The van der Waals surface area contributed by atoms with Gasteiger partial charge in [0.05, 0.1) is 75.5 Å². The molecule has 0 fully saturated rings. The summed E-state index contributed by atoms with van der Waals surface area (Å²) in [5.74, 6) is 0. The summed E-state index contributed by atoms with van der Waals surface area (Å²) in [7, 11) is -5.39. The van der Waals surface area contributed by atoms with Gasteiger partial charge in [0.2, 0.25) is 0 Å². The third-order valence-corrected chi connectivity index (χ3v) is 17.1. The van der Waals surface area contributed by atoms with E-state index in [0.717, 1.165) is 0 Å². The van der Waals surface area contributed by atoms with Crippen LogP contribution in [0.4, 0.5) is 0 Å². The topological polar surface area (TPSA) is 86.2 Å². The van der Waals surface area contributed by atoms with Crippen LogP contribution >= 0.6 is 7.82 Å². The van der Waals surface area contributed by atoms with Crippen LogP contribution in [0.3, 0.4) is 0 Å². The predicted molar refractivity (Wildman–Crippen MR) is 315 cm³/mol. The molecular formula is C63H138N3O4P. The van der Waals surface area contributed by atoms with Crippen LogP contribution in [0.15, 0.2) is 0 Å². The lowest BCUT2D eigenvalue weighted by molar-refractivity contribution is -0.978. The van der Waals surface area contributed by atoms with Crippen molar-refractivity contribution in [3.63, 3.8) is 0 Å². The van der Waals surface area contributed by atoms with Crippen LogP contribution in [-0.2, 0) is 4.57 Å². The lowest BCUT2D eigenvalue weighted by atomic mass is 9.79. The third kappa shape index (κ3) is 29.4. The van der Waals surface area contributed by atoms with E-state index in [1.165, 1.54) is 284 Å². The molecule has 0 rings (SSSR count). The Morgan fingerprint density at radius 1 is 0.239 bits per heavy atom. The highest BCUT2D eigenvalue weighted by Gasteiger charge is 2.49. The monoisotopic (exact) mass is 1030 g/mol. The van der Waals surface area contributed by atoms with E-state index in [2.05, 4.69) is 125 Å². The Morgan fingerprint density at radius 3 is 0.451 bits per heavy atom. The normalized spacial score (nSPS) is 12.7. The van der Waals surface area contributed by atoms with Gasteiger partial charge in [0.25, 0.3) is 0 Å². The first-order valence-corrected chi connectivity index (χ1v) is 33.6. The van der Waals surface area contributed by atoms with Gasteiger partial charge in [-0.25, -0.2) is 0 Å². The molecule has 0 saturated carbocycles. The molecule has 0 aromatic rings. The Labute approximate surface area is 450 Å². The van der Waals surface area contributed by atoms with Crippen molar-refractivity contribution in [3.8, 4) is 0 Å². The zero-order valence-electron chi connectivity index (χ0n) is 52.6. The standard InChI is InChI=1S/3C21H46N.H3O4P/c3*1-7-13-19-22(18-12-6,20-14-8-2)21(15-9-3,16-10-4)17-11-5;1-5(2,3)4/h3*7-20H2,1-6H3;(H3,1,2,3,4)/q3*+1;/p-3. The summed E-state index contributed by atoms with van der Waals surface area (Å²) in [5.41, 5.74) is 1.66. The number of hydrogen-bond acceptors (Lipinski definition) is 4. The average molecular weight is 1030 g/mol. The second-order valence-corrected chi connectivity index (χ2v) is 23.8. The molecule has 0 amide bonds. The summed E-state index contributed by atoms with van der Waals surface area (Å²) in [6.45, 7) is 55.7. The smallest absolute Gasteiger partial charge is 0.0992 e. The maximum absolute atomic E-state index is 8.55. The highest BCUT2D eigenvalue weighted by Crippen LogP contribution is 2.43. The molecule has 0 aliphatic heterocycles. The van der Waals surface area contributed by atoms with Gasteiger partial charge in [0.1, 0.15) is 0 Å². The van der Waals surface area contributed by atoms with Gasteiger partial charge < -0.3 is 32.7 Å². The van der Waals surface area contributed by atoms with Crippen LogP contribution in [0.5, 0.6) is 0 Å². The second-order valence-electron chi connectivity index (χ2n) is 22.9. The fourth-order valence-corrected chi connectivity index (χ4v) is 14.6. The Morgan fingerprint density at radius 2 is 0.366 bits per heavy atom. The van der Waals surface area contributed by atoms with Crippen molar-refractivity contribution in [2.75, 3.05) is 58.9 Å². The Kier molecular flexibility index (Phi) is 51.5. The fourth-order valence-electron chi connectivity index (χ4n) is 14.6. The van der Waals surface area contributed by atoms with E-state index in [4.69, 9.17) is 19.2 Å². The largest absolute Gasteiger partial charge is 0.822 e. The van der Waals surface area contributed by atoms with Gasteiger partial charge in [-0.1, -0.05) is 221 Å². The molecule has 0 N–H and O–H groups in total. The van der Waals surface area contributed by atoms with E-state index >= 15 is 0 Å². The van der Waals surface area contributed by atoms with E-state index in [-0.39, 0.29) is 0 Å². The summed E-state index contributed by atoms with van der Waals surface area (Å²) in [6, 6.07) is 0. The van der Waals surface area contributed by atoms with Gasteiger partial charge in [0.15, 0.2) is 0 Å². The van der Waals surface area contributed by atoms with Gasteiger partial charge in [-0.2, -0.15) is 7.82 Å². The van der Waals surface area contributed by atoms with Crippen LogP contribution in [0.1, 0.15) is 337 Å². The van der Waals surface area contributed by atoms with E-state index in [0.29, 0.717) is 16.6 Å². The number of phosphoric acid groups is 1. The van der Waals surface area contributed by atoms with Crippen molar-refractivity contribution < 1.29 is 32.7 Å². The average Bonchev–Trinajstić information content (AvgIpc) is 3.32. The molecule has 71 heavy (non-hydrogen) atoms. The van der Waals surface area contributed by atoms with Gasteiger partial charge in [-0.15, -0.1) is 0 Å². The highest BCUT2D eigenvalue weighted by molar-refractivity contribution is 7.40. The number of nitrogens with zero attached hydrogens (tertiary/aromatic N) is 3. The summed E-state index contributed by atoms with van der Waals surface area (Å²) >= 11 is 0. The molecule has 0 saturated heterocycles. The van der Waals surface area contributed by atoms with E-state index in [1.54, 1.807) is 0 Å². The van der Waals surface area contributed by atoms with Crippen LogP contribution < -0.4 is 14.7 Å². The molecule has 0 bridgehead atoms. The Hall–Kier alpha value is -0.0100. The van der Waals surface area contributed by atoms with Crippen LogP contribution in [0.25, 0.3) is 0 Å². The summed E-state index contributed by atoms with van der Waals surface area (Å²) < 4.78 is 12.8. The van der Waals surface area contributed by atoms with Crippen molar-refractivity contribution in [2.45, 2.75) is 353 Å². The number of hydrogen-bond donors (Lipinski definition) is 0. The van der Waals surface area contributed by atoms with E-state index in [1.807, 2.05) is 0 Å². The van der Waals surface area contributed by atoms with Crippen molar-refractivity contribution in [2.24, 2.45) is 0 Å². The molecule has 8 heteroatoms. The maximum Gasteiger partial charge on any atom is 0.0992 e. The van der Waals surface area contributed by atoms with Crippen molar-refractivity contribution in [1.29, 1.82) is 0 Å². The molecule has 7 nitrogen and oxygen atoms in total. The van der Waals surface area contributed by atoms with Crippen molar-refractivity contribution in [3.05, 3.63) is 0 Å². The summed E-state index contributed by atoms with van der Waals surface area (Å²) in [5, 5.41) is 0. The molecule has 0 aromatic heterocycles. The highest BCUT2D eigenvalue weighted by atomic mass is 31.2. The second kappa shape index (κ2) is 47.2. The molecule has 0 spiro atoms. The molecule has 0 aliphatic rings. The van der Waals surface area contributed by atoms with Crippen LogP contribution in [0, 0.1) is 0 Å². The van der Waals surface area contributed by atoms with E-state index in [9.17, 15) is 0 Å². The third-order valence-electron chi connectivity index (χ3n) is 17.1. The minimum Gasteiger partial charge on any atom is -0.822 e. The first-order valence-electron chi connectivity index (χ1n) is 32.2. The molecule has 0 heterocycles. The molecule has 434 valence electrons. The van der Waals surface area contributed by atoms with E-state index < -0.39 is 7.82 Å². The minimum absolute atomic E-state index is 0.554. The number of rotatable bonds is 45. The van der Waals surface area contributed by atoms with Gasteiger partial charge in [-0.3, -0.25) is 0 Å². The Balaban J connectivity index is -0.000000451. The predicted octanol–water partition coefficient (Wildman–Crippen LogP) is 18.0. The van der Waals surface area contributed by atoms with Gasteiger partial charge >= 0.3 is 0 Å². The van der Waals surface area contributed by atoms with Crippen molar-refractivity contribution >= 4 is 7.82 Å². The number of unbranched alkanes of at least 4 members (excludes halogenated alkanes) is 6. The lowest BCUT2D eigenvalue weighted by Gasteiger charge is -2.55. The van der Waals surface area contributed by atoms with Crippen LogP contribution in [0.2, 0.25) is 0 Å². The fraction of sp³-hybridized carbons (Fsp3) is 1.00. The molecule has 0 unspecified atom stereocenters. The lowest BCUT2D eigenvalue weighted by Crippen LogP contribution is -2.65. The maximum atomic E-state index is 8.55.